The zero-order chi connectivity index (χ0) is 23.0. The molecule has 0 radical (unpaired) electrons. The van der Waals surface area contributed by atoms with Crippen molar-refractivity contribution in [1.82, 2.24) is 30.2 Å². The van der Waals surface area contributed by atoms with Gasteiger partial charge in [-0.3, -0.25) is 4.57 Å². The fraction of sp³-hybridized carbons (Fsp3) is 0.542. The number of imidazole rings is 1. The van der Waals surface area contributed by atoms with Crippen LogP contribution in [0.1, 0.15) is 42.5 Å². The lowest BCUT2D eigenvalue weighted by Crippen LogP contribution is -2.36. The number of hydrogen-bond donors (Lipinski definition) is 3. The van der Waals surface area contributed by atoms with Crippen molar-refractivity contribution in [3.05, 3.63) is 51.6 Å². The van der Waals surface area contributed by atoms with Crippen LogP contribution in [-0.4, -0.2) is 59.0 Å². The highest BCUT2D eigenvalue weighted by Gasteiger charge is 2.15. The second-order valence-corrected chi connectivity index (χ2v) is 8.58. The van der Waals surface area contributed by atoms with E-state index in [1.54, 1.807) is 11.7 Å². The van der Waals surface area contributed by atoms with Crippen molar-refractivity contribution in [2.45, 2.75) is 51.7 Å². The summed E-state index contributed by atoms with van der Waals surface area (Å²) in [4.78, 5) is 24.3. The minimum Gasteiger partial charge on any atom is -0.461 e. The van der Waals surface area contributed by atoms with Crippen LogP contribution in [0, 0.1) is 6.92 Å². The molecule has 2 aromatic heterocycles. The molecule has 1 saturated heterocycles. The van der Waals surface area contributed by atoms with E-state index in [0.29, 0.717) is 42.7 Å². The fourth-order valence-electron chi connectivity index (χ4n) is 4.20. The molecule has 33 heavy (non-hydrogen) atoms. The van der Waals surface area contributed by atoms with Crippen molar-refractivity contribution < 1.29 is 9.47 Å². The highest BCUT2D eigenvalue weighted by molar-refractivity contribution is 5.73. The molecule has 9 heteroatoms. The van der Waals surface area contributed by atoms with E-state index in [2.05, 4.69) is 49.9 Å². The maximum absolute atomic E-state index is 12.6. The fourth-order valence-corrected chi connectivity index (χ4v) is 4.20. The first kappa shape index (κ1) is 23.4. The summed E-state index contributed by atoms with van der Waals surface area (Å²) in [6.45, 7) is 6.06. The number of methoxy groups -OCH3 is 1. The summed E-state index contributed by atoms with van der Waals surface area (Å²) in [5.41, 5.74) is 3.90. The summed E-state index contributed by atoms with van der Waals surface area (Å²) in [6.07, 6.45) is 5.10. The van der Waals surface area contributed by atoms with Gasteiger partial charge in [-0.1, -0.05) is 30.7 Å². The highest BCUT2D eigenvalue weighted by Crippen LogP contribution is 2.17. The maximum Gasteiger partial charge on any atom is 0.328 e. The smallest absolute Gasteiger partial charge is 0.328 e. The van der Waals surface area contributed by atoms with E-state index in [1.807, 2.05) is 6.92 Å². The average molecular weight is 455 g/mol. The standard InChI is InChI=1S/C24H34N6O3/c1-17-21-22(29-23(27-17)33-14-13-32-2)30(24(31)28-21)16-19-8-6-18(7-9-19)15-25-12-10-20-5-3-4-11-26-20/h6-9,20,25-26H,3-5,10-16H2,1-2H3,(H,28,31). The van der Waals surface area contributed by atoms with Gasteiger partial charge in [0.1, 0.15) is 12.1 Å². The van der Waals surface area contributed by atoms with Gasteiger partial charge in [0, 0.05) is 19.7 Å². The molecule has 1 unspecified atom stereocenters. The summed E-state index contributed by atoms with van der Waals surface area (Å²) in [6, 6.07) is 9.25. The van der Waals surface area contributed by atoms with Crippen molar-refractivity contribution in [2.24, 2.45) is 0 Å². The number of ether oxygens (including phenoxy) is 2. The van der Waals surface area contributed by atoms with E-state index in [9.17, 15) is 4.79 Å². The van der Waals surface area contributed by atoms with E-state index >= 15 is 0 Å². The van der Waals surface area contributed by atoms with Crippen LogP contribution in [0.3, 0.4) is 0 Å². The molecule has 1 atom stereocenters. The molecule has 9 nitrogen and oxygen atoms in total. The molecule has 3 N–H and O–H groups in total. The molecule has 0 saturated carbocycles. The van der Waals surface area contributed by atoms with Gasteiger partial charge in [-0.2, -0.15) is 9.97 Å². The van der Waals surface area contributed by atoms with E-state index in [1.165, 1.54) is 31.2 Å². The third-order valence-corrected chi connectivity index (χ3v) is 6.08. The van der Waals surface area contributed by atoms with E-state index < -0.39 is 0 Å². The topological polar surface area (TPSA) is 106 Å². The Labute approximate surface area is 193 Å². The summed E-state index contributed by atoms with van der Waals surface area (Å²) in [7, 11) is 1.61. The number of fused-ring (bicyclic) bond motifs is 1. The third kappa shape index (κ3) is 6.19. The van der Waals surface area contributed by atoms with Gasteiger partial charge in [-0.25, -0.2) is 4.79 Å². The molecule has 0 amide bonds. The number of aryl methyl sites for hydroxylation is 1. The molecule has 1 aromatic carbocycles. The van der Waals surface area contributed by atoms with E-state index in [-0.39, 0.29) is 11.7 Å². The van der Waals surface area contributed by atoms with Crippen LogP contribution >= 0.6 is 0 Å². The Bertz CT molecular complexity index is 1090. The molecular formula is C24H34N6O3. The number of aromatic nitrogens is 4. The van der Waals surface area contributed by atoms with Gasteiger partial charge in [0.05, 0.1) is 18.8 Å². The number of nitrogens with one attached hydrogen (secondary N) is 3. The van der Waals surface area contributed by atoms with Crippen LogP contribution in [-0.2, 0) is 17.8 Å². The molecule has 3 aromatic rings. The molecule has 0 aliphatic carbocycles. The number of hydrogen-bond acceptors (Lipinski definition) is 7. The van der Waals surface area contributed by atoms with Crippen LogP contribution in [0.25, 0.3) is 11.2 Å². The van der Waals surface area contributed by atoms with Crippen molar-refractivity contribution in [2.75, 3.05) is 33.4 Å². The monoisotopic (exact) mass is 454 g/mol. The Morgan fingerprint density at radius 2 is 1.97 bits per heavy atom. The average Bonchev–Trinajstić information content (AvgIpc) is 3.14. The second-order valence-electron chi connectivity index (χ2n) is 8.58. The number of rotatable bonds is 11. The van der Waals surface area contributed by atoms with Gasteiger partial charge in [-0.15, -0.1) is 0 Å². The minimum absolute atomic E-state index is 0.210. The van der Waals surface area contributed by atoms with Crippen LogP contribution in [0.15, 0.2) is 29.1 Å². The minimum atomic E-state index is -0.210. The molecular weight excluding hydrogens is 420 g/mol. The van der Waals surface area contributed by atoms with Crippen molar-refractivity contribution in [3.8, 4) is 6.01 Å². The number of aromatic amines is 1. The zero-order valence-electron chi connectivity index (χ0n) is 19.5. The molecule has 0 bridgehead atoms. The summed E-state index contributed by atoms with van der Waals surface area (Å²) in [5.74, 6) is 0. The van der Waals surface area contributed by atoms with Crippen LogP contribution in [0.4, 0.5) is 0 Å². The van der Waals surface area contributed by atoms with Gasteiger partial charge in [0.25, 0.3) is 0 Å². The van der Waals surface area contributed by atoms with Crippen LogP contribution in [0.2, 0.25) is 0 Å². The predicted octanol–water partition coefficient (Wildman–Crippen LogP) is 2.12. The first-order valence-corrected chi connectivity index (χ1v) is 11.7. The second kappa shape index (κ2) is 11.4. The van der Waals surface area contributed by atoms with E-state index in [4.69, 9.17) is 9.47 Å². The lowest BCUT2D eigenvalue weighted by Gasteiger charge is -2.23. The Kier molecular flexibility index (Phi) is 8.09. The molecule has 1 fully saturated rings. The molecule has 4 rings (SSSR count). The summed E-state index contributed by atoms with van der Waals surface area (Å²) < 4.78 is 12.2. The Hall–Kier alpha value is -2.75. The lowest BCUT2D eigenvalue weighted by atomic mass is 10.0. The largest absolute Gasteiger partial charge is 0.461 e. The molecule has 3 heterocycles. The zero-order valence-corrected chi connectivity index (χ0v) is 19.5. The van der Waals surface area contributed by atoms with Gasteiger partial charge in [-0.05, 0) is 50.4 Å². The Morgan fingerprint density at radius 3 is 2.73 bits per heavy atom. The third-order valence-electron chi connectivity index (χ3n) is 6.08. The van der Waals surface area contributed by atoms with Crippen LogP contribution in [0.5, 0.6) is 6.01 Å². The number of piperidine rings is 1. The van der Waals surface area contributed by atoms with E-state index in [0.717, 1.165) is 25.2 Å². The first-order valence-electron chi connectivity index (χ1n) is 11.7. The predicted molar refractivity (Wildman–Crippen MR) is 128 cm³/mol. The normalized spacial score (nSPS) is 16.4. The van der Waals surface area contributed by atoms with Crippen molar-refractivity contribution in [1.29, 1.82) is 0 Å². The quantitative estimate of drug-likeness (QED) is 0.381. The maximum atomic E-state index is 12.6. The van der Waals surface area contributed by atoms with Gasteiger partial charge >= 0.3 is 11.7 Å². The van der Waals surface area contributed by atoms with Gasteiger partial charge < -0.3 is 25.1 Å². The van der Waals surface area contributed by atoms with Crippen molar-refractivity contribution >= 4 is 11.2 Å². The molecule has 0 spiro atoms. The van der Waals surface area contributed by atoms with Gasteiger partial charge in [0.2, 0.25) is 0 Å². The highest BCUT2D eigenvalue weighted by atomic mass is 16.5. The summed E-state index contributed by atoms with van der Waals surface area (Å²) in [5, 5.41) is 7.13. The first-order chi connectivity index (χ1) is 16.1. The van der Waals surface area contributed by atoms with Gasteiger partial charge in [0.15, 0.2) is 5.65 Å². The summed E-state index contributed by atoms with van der Waals surface area (Å²) >= 11 is 0. The molecule has 1 aliphatic rings. The molecule has 1 aliphatic heterocycles. The van der Waals surface area contributed by atoms with Crippen LogP contribution < -0.4 is 21.1 Å². The number of nitrogens with zero attached hydrogens (tertiary/aromatic N) is 3. The Morgan fingerprint density at radius 1 is 1.15 bits per heavy atom. The van der Waals surface area contributed by atoms with Crippen molar-refractivity contribution in [3.63, 3.8) is 0 Å². The number of benzene rings is 1. The SMILES string of the molecule is COCCOc1nc(C)c2[nH]c(=O)n(Cc3ccc(CNCCC4CCCCN4)cc3)c2n1. The number of H-pyrrole nitrogens is 1. The Balaban J connectivity index is 1.37. The lowest BCUT2D eigenvalue weighted by molar-refractivity contribution is 0.141. The molecule has 178 valence electrons.